The van der Waals surface area contributed by atoms with Gasteiger partial charge in [0, 0.05) is 6.04 Å². The number of aryl methyl sites for hydroxylation is 1. The van der Waals surface area contributed by atoms with Crippen molar-refractivity contribution < 1.29 is 13.2 Å². The summed E-state index contributed by atoms with van der Waals surface area (Å²) < 4.78 is 32.1. The Hall–Kier alpha value is -1.85. The molecule has 0 saturated carbocycles. The van der Waals surface area contributed by atoms with Crippen LogP contribution < -0.4 is 4.74 Å². The monoisotopic (exact) mass is 317 g/mol. The molecule has 5 heteroatoms. The maximum atomic E-state index is 12.7. The summed E-state index contributed by atoms with van der Waals surface area (Å²) in [5.74, 6) is 0.769. The van der Waals surface area contributed by atoms with Crippen molar-refractivity contribution in [1.29, 1.82) is 0 Å². The molecular formula is C17H19NO3S. The number of benzene rings is 2. The minimum absolute atomic E-state index is 0.0281. The molecule has 0 bridgehead atoms. The topological polar surface area (TPSA) is 46.4 Å². The number of methoxy groups -OCH3 is 1. The molecule has 3 unspecified atom stereocenters. The van der Waals surface area contributed by atoms with Crippen LogP contribution >= 0.6 is 0 Å². The van der Waals surface area contributed by atoms with Crippen molar-refractivity contribution in [1.82, 2.24) is 4.31 Å². The fraction of sp³-hybridized carbons (Fsp3) is 0.294. The SMILES string of the molecule is COc1ccc(C2C(C)N2S(=O)(=O)c2ccc(C)cc2)cc1. The van der Waals surface area contributed by atoms with E-state index in [1.165, 1.54) is 0 Å². The zero-order valence-electron chi connectivity index (χ0n) is 12.9. The molecule has 1 aliphatic rings. The predicted molar refractivity (Wildman–Crippen MR) is 85.4 cm³/mol. The largest absolute Gasteiger partial charge is 0.497 e. The minimum atomic E-state index is -3.44. The van der Waals surface area contributed by atoms with Gasteiger partial charge in [0.1, 0.15) is 5.75 Å². The lowest BCUT2D eigenvalue weighted by atomic mass is 10.1. The number of hydrogen-bond acceptors (Lipinski definition) is 3. The van der Waals surface area contributed by atoms with E-state index in [-0.39, 0.29) is 12.1 Å². The molecule has 1 heterocycles. The summed E-state index contributed by atoms with van der Waals surface area (Å²) in [6.07, 6.45) is 0. The Labute approximate surface area is 131 Å². The third-order valence-corrected chi connectivity index (χ3v) is 6.08. The van der Waals surface area contributed by atoms with Gasteiger partial charge in [0.2, 0.25) is 10.0 Å². The van der Waals surface area contributed by atoms with E-state index in [1.54, 1.807) is 23.5 Å². The second-order valence-corrected chi connectivity index (χ2v) is 7.45. The number of sulfonamides is 1. The lowest BCUT2D eigenvalue weighted by Crippen LogP contribution is -2.14. The van der Waals surface area contributed by atoms with Crippen molar-refractivity contribution in [3.8, 4) is 5.75 Å². The highest BCUT2D eigenvalue weighted by Gasteiger charge is 2.53. The van der Waals surface area contributed by atoms with Gasteiger partial charge in [-0.15, -0.1) is 0 Å². The van der Waals surface area contributed by atoms with Crippen LogP contribution in [0.1, 0.15) is 24.1 Å². The molecule has 2 aromatic carbocycles. The molecule has 0 aromatic heterocycles. The van der Waals surface area contributed by atoms with Crippen LogP contribution in [0, 0.1) is 6.92 Å². The van der Waals surface area contributed by atoms with Crippen LogP contribution in [0.2, 0.25) is 0 Å². The minimum Gasteiger partial charge on any atom is -0.497 e. The first-order valence-corrected chi connectivity index (χ1v) is 8.63. The molecule has 1 fully saturated rings. The highest BCUT2D eigenvalue weighted by molar-refractivity contribution is 7.89. The maximum absolute atomic E-state index is 12.7. The molecule has 0 aliphatic carbocycles. The lowest BCUT2D eigenvalue weighted by molar-refractivity contribution is 0.414. The van der Waals surface area contributed by atoms with Crippen LogP contribution in [-0.4, -0.2) is 25.9 Å². The van der Waals surface area contributed by atoms with E-state index in [9.17, 15) is 8.42 Å². The smallest absolute Gasteiger partial charge is 0.243 e. The van der Waals surface area contributed by atoms with Crippen molar-refractivity contribution in [2.24, 2.45) is 0 Å². The summed E-state index contributed by atoms with van der Waals surface area (Å²) in [6, 6.07) is 14.4. The summed E-state index contributed by atoms with van der Waals surface area (Å²) in [5.41, 5.74) is 2.04. The quantitative estimate of drug-likeness (QED) is 0.814. The average molecular weight is 317 g/mol. The third kappa shape index (κ3) is 2.51. The van der Waals surface area contributed by atoms with Crippen LogP contribution in [0.3, 0.4) is 0 Å². The second-order valence-electron chi connectivity index (χ2n) is 5.61. The molecule has 1 saturated heterocycles. The zero-order chi connectivity index (χ0) is 15.9. The van der Waals surface area contributed by atoms with Gasteiger partial charge in [-0.1, -0.05) is 29.8 Å². The number of ether oxygens (including phenoxy) is 1. The molecule has 2 aromatic rings. The number of rotatable bonds is 4. The Morgan fingerprint density at radius 1 is 1.00 bits per heavy atom. The Bertz CT molecular complexity index is 767. The first-order chi connectivity index (χ1) is 10.4. The Morgan fingerprint density at radius 2 is 1.59 bits per heavy atom. The highest BCUT2D eigenvalue weighted by atomic mass is 32.2. The fourth-order valence-corrected chi connectivity index (χ4v) is 4.57. The van der Waals surface area contributed by atoms with Crippen molar-refractivity contribution in [3.63, 3.8) is 0 Å². The predicted octanol–water partition coefficient (Wildman–Crippen LogP) is 3.14. The first kappa shape index (κ1) is 15.1. The average Bonchev–Trinajstić information content (AvgIpc) is 3.20. The van der Waals surface area contributed by atoms with Gasteiger partial charge in [0.05, 0.1) is 18.0 Å². The van der Waals surface area contributed by atoms with Crippen molar-refractivity contribution in [3.05, 3.63) is 59.7 Å². The first-order valence-electron chi connectivity index (χ1n) is 7.19. The molecule has 22 heavy (non-hydrogen) atoms. The van der Waals surface area contributed by atoms with Crippen LogP contribution in [-0.2, 0) is 10.0 Å². The van der Waals surface area contributed by atoms with E-state index in [0.717, 1.165) is 16.9 Å². The Morgan fingerprint density at radius 3 is 2.14 bits per heavy atom. The maximum Gasteiger partial charge on any atom is 0.243 e. The molecule has 1 aliphatic heterocycles. The molecule has 116 valence electrons. The van der Waals surface area contributed by atoms with Gasteiger partial charge in [-0.2, -0.15) is 4.31 Å². The number of nitrogens with zero attached hydrogens (tertiary/aromatic N) is 1. The Balaban J connectivity index is 1.87. The molecule has 3 atom stereocenters. The van der Waals surface area contributed by atoms with Crippen LogP contribution in [0.4, 0.5) is 0 Å². The van der Waals surface area contributed by atoms with E-state index in [0.29, 0.717) is 4.90 Å². The molecule has 0 amide bonds. The summed E-state index contributed by atoms with van der Waals surface area (Å²) >= 11 is 0. The molecule has 4 nitrogen and oxygen atoms in total. The molecule has 0 N–H and O–H groups in total. The van der Waals surface area contributed by atoms with Crippen LogP contribution in [0.5, 0.6) is 5.75 Å². The highest BCUT2D eigenvalue weighted by Crippen LogP contribution is 2.47. The lowest BCUT2D eigenvalue weighted by Gasteiger charge is -2.07. The van der Waals surface area contributed by atoms with Gasteiger partial charge in [-0.25, -0.2) is 8.42 Å². The van der Waals surface area contributed by atoms with E-state index in [1.807, 2.05) is 50.2 Å². The normalized spacial score (nSPS) is 24.0. The summed E-state index contributed by atoms with van der Waals surface area (Å²) in [5, 5.41) is 0. The van der Waals surface area contributed by atoms with Crippen molar-refractivity contribution in [2.45, 2.75) is 30.8 Å². The van der Waals surface area contributed by atoms with Gasteiger partial charge in [-0.05, 0) is 43.7 Å². The molecular weight excluding hydrogens is 298 g/mol. The third-order valence-electron chi connectivity index (χ3n) is 4.10. The summed E-state index contributed by atoms with van der Waals surface area (Å²) in [6.45, 7) is 3.87. The fourth-order valence-electron chi connectivity index (χ4n) is 2.75. The van der Waals surface area contributed by atoms with E-state index in [4.69, 9.17) is 4.74 Å². The number of hydrogen-bond donors (Lipinski definition) is 0. The van der Waals surface area contributed by atoms with Crippen molar-refractivity contribution in [2.75, 3.05) is 7.11 Å². The van der Waals surface area contributed by atoms with Crippen molar-refractivity contribution >= 4 is 10.0 Å². The van der Waals surface area contributed by atoms with Gasteiger partial charge in [0.15, 0.2) is 0 Å². The van der Waals surface area contributed by atoms with Gasteiger partial charge < -0.3 is 4.74 Å². The molecule has 0 spiro atoms. The second kappa shape index (κ2) is 5.41. The Kier molecular flexibility index (Phi) is 3.70. The van der Waals surface area contributed by atoms with Crippen LogP contribution in [0.25, 0.3) is 0 Å². The molecule has 0 radical (unpaired) electrons. The summed E-state index contributed by atoms with van der Waals surface area (Å²) in [4.78, 5) is 0.348. The van der Waals surface area contributed by atoms with E-state index < -0.39 is 10.0 Å². The van der Waals surface area contributed by atoms with E-state index >= 15 is 0 Å². The van der Waals surface area contributed by atoms with Gasteiger partial charge >= 0.3 is 0 Å². The zero-order valence-corrected chi connectivity index (χ0v) is 13.7. The van der Waals surface area contributed by atoms with Gasteiger partial charge in [0.25, 0.3) is 0 Å². The van der Waals surface area contributed by atoms with Gasteiger partial charge in [-0.3, -0.25) is 0 Å². The summed E-state index contributed by atoms with van der Waals surface area (Å²) in [7, 11) is -1.83. The van der Waals surface area contributed by atoms with E-state index in [2.05, 4.69) is 0 Å². The molecule has 3 rings (SSSR count). The van der Waals surface area contributed by atoms with Crippen LogP contribution in [0.15, 0.2) is 53.4 Å². The standard InChI is InChI=1S/C17H19NO3S/c1-12-4-10-16(11-5-12)22(19,20)18-13(2)17(18)14-6-8-15(21-3)9-7-14/h4-11,13,17H,1-3H3.